The van der Waals surface area contributed by atoms with Crippen LogP contribution in [-0.2, 0) is 10.0 Å². The molecule has 0 saturated carbocycles. The van der Waals surface area contributed by atoms with Gasteiger partial charge in [-0.05, 0) is 63.1 Å². The molecule has 1 aliphatic rings. The molecule has 8 heteroatoms. The van der Waals surface area contributed by atoms with Crippen molar-refractivity contribution in [3.63, 3.8) is 0 Å². The largest absolute Gasteiger partial charge is 0.323 e. The second kappa shape index (κ2) is 7.04. The van der Waals surface area contributed by atoms with E-state index in [1.807, 2.05) is 6.07 Å². The lowest BCUT2D eigenvalue weighted by atomic mass is 9.91. The van der Waals surface area contributed by atoms with E-state index in [1.165, 1.54) is 6.26 Å². The number of aromatic nitrogens is 1. The lowest BCUT2D eigenvalue weighted by Gasteiger charge is -2.32. The van der Waals surface area contributed by atoms with Crippen LogP contribution in [0.4, 0.5) is 0 Å². The van der Waals surface area contributed by atoms with E-state index >= 15 is 0 Å². The Morgan fingerprint density at radius 2 is 2.24 bits per heavy atom. The van der Waals surface area contributed by atoms with Gasteiger partial charge in [0.15, 0.2) is 0 Å². The first-order chi connectivity index (χ1) is 9.77. The Bertz CT molecular complexity index is 609. The number of nitrogens with two attached hydrogens (primary N) is 1. The number of piperidine rings is 1. The molecule has 2 heterocycles. The average Bonchev–Trinajstić information content (AvgIpc) is 2.37. The number of hydrogen-bond donors (Lipinski definition) is 1. The van der Waals surface area contributed by atoms with Crippen LogP contribution < -0.4 is 5.73 Å². The Kier molecular flexibility index (Phi) is 5.81. The normalized spacial score (nSPS) is 22.2. The number of sulfonamides is 1. The van der Waals surface area contributed by atoms with Crippen molar-refractivity contribution in [3.05, 3.63) is 26.9 Å². The zero-order chi connectivity index (χ0) is 15.6. The summed E-state index contributed by atoms with van der Waals surface area (Å²) in [6, 6.07) is 1.73. The Hall–Kier alpha value is -0.0200. The van der Waals surface area contributed by atoms with Crippen LogP contribution in [0.1, 0.15) is 31.0 Å². The molecule has 1 aliphatic heterocycles. The van der Waals surface area contributed by atoms with Crippen molar-refractivity contribution in [2.24, 2.45) is 11.7 Å². The van der Waals surface area contributed by atoms with Gasteiger partial charge in [0, 0.05) is 34.3 Å². The SMILES string of the molecule is CS(=O)(=O)N1CCCC(CC(N)c2ncc(Br)cc2Br)C1. The van der Waals surface area contributed by atoms with Crippen molar-refractivity contribution in [3.8, 4) is 0 Å². The van der Waals surface area contributed by atoms with Gasteiger partial charge in [0.25, 0.3) is 0 Å². The van der Waals surface area contributed by atoms with E-state index in [2.05, 4.69) is 36.8 Å². The van der Waals surface area contributed by atoms with Gasteiger partial charge in [-0.2, -0.15) is 0 Å². The van der Waals surface area contributed by atoms with Crippen molar-refractivity contribution in [1.82, 2.24) is 9.29 Å². The fourth-order valence-electron chi connectivity index (χ4n) is 2.69. The highest BCUT2D eigenvalue weighted by atomic mass is 79.9. The highest BCUT2D eigenvalue weighted by molar-refractivity contribution is 9.11. The van der Waals surface area contributed by atoms with Crippen molar-refractivity contribution < 1.29 is 8.42 Å². The molecule has 1 saturated heterocycles. The molecule has 2 rings (SSSR count). The van der Waals surface area contributed by atoms with Crippen LogP contribution in [0.2, 0.25) is 0 Å². The van der Waals surface area contributed by atoms with E-state index < -0.39 is 10.0 Å². The molecule has 0 aliphatic carbocycles. The predicted molar refractivity (Wildman–Crippen MR) is 90.3 cm³/mol. The second-order valence-electron chi connectivity index (χ2n) is 5.49. The molecule has 0 spiro atoms. The Morgan fingerprint density at radius 1 is 1.52 bits per heavy atom. The van der Waals surface area contributed by atoms with Crippen LogP contribution in [-0.4, -0.2) is 37.1 Å². The van der Waals surface area contributed by atoms with Gasteiger partial charge < -0.3 is 5.73 Å². The number of halogens is 2. The average molecular weight is 441 g/mol. The minimum absolute atomic E-state index is 0.197. The summed E-state index contributed by atoms with van der Waals surface area (Å²) in [6.45, 7) is 1.17. The summed E-state index contributed by atoms with van der Waals surface area (Å²) in [5.41, 5.74) is 7.07. The maximum Gasteiger partial charge on any atom is 0.211 e. The van der Waals surface area contributed by atoms with Gasteiger partial charge in [-0.15, -0.1) is 0 Å². The molecule has 5 nitrogen and oxygen atoms in total. The quantitative estimate of drug-likeness (QED) is 0.780. The molecule has 0 radical (unpaired) electrons. The van der Waals surface area contributed by atoms with Gasteiger partial charge >= 0.3 is 0 Å². The first kappa shape index (κ1) is 17.3. The van der Waals surface area contributed by atoms with E-state index in [4.69, 9.17) is 5.73 Å². The van der Waals surface area contributed by atoms with Gasteiger partial charge in [-0.25, -0.2) is 12.7 Å². The van der Waals surface area contributed by atoms with Crippen molar-refractivity contribution in [2.75, 3.05) is 19.3 Å². The molecule has 0 amide bonds. The Labute approximate surface area is 142 Å². The second-order valence-corrected chi connectivity index (χ2v) is 9.24. The smallest absolute Gasteiger partial charge is 0.211 e. The molecule has 2 unspecified atom stereocenters. The van der Waals surface area contributed by atoms with E-state index in [-0.39, 0.29) is 12.0 Å². The zero-order valence-electron chi connectivity index (χ0n) is 11.8. The van der Waals surface area contributed by atoms with Gasteiger partial charge in [0.05, 0.1) is 11.9 Å². The molecule has 1 aromatic heterocycles. The fraction of sp³-hybridized carbons (Fsp3) is 0.615. The lowest BCUT2D eigenvalue weighted by molar-refractivity contribution is 0.246. The van der Waals surface area contributed by atoms with Crippen LogP contribution in [0.15, 0.2) is 21.2 Å². The first-order valence-electron chi connectivity index (χ1n) is 6.79. The number of nitrogens with zero attached hydrogens (tertiary/aromatic N) is 2. The highest BCUT2D eigenvalue weighted by Crippen LogP contribution is 2.30. The zero-order valence-corrected chi connectivity index (χ0v) is 15.8. The molecule has 21 heavy (non-hydrogen) atoms. The van der Waals surface area contributed by atoms with Gasteiger partial charge in [-0.1, -0.05) is 0 Å². The van der Waals surface area contributed by atoms with Crippen molar-refractivity contribution >= 4 is 41.9 Å². The molecule has 0 aromatic carbocycles. The number of pyridine rings is 1. The molecule has 1 fully saturated rings. The maximum atomic E-state index is 11.6. The standard InChI is InChI=1S/C13H19Br2N3O2S/c1-21(19,20)18-4-2-3-9(8-18)5-12(16)13-11(15)6-10(14)7-17-13/h6-7,9,12H,2-5,8,16H2,1H3. The molecule has 0 bridgehead atoms. The Morgan fingerprint density at radius 3 is 2.86 bits per heavy atom. The molecular formula is C13H19Br2N3O2S. The summed E-state index contributed by atoms with van der Waals surface area (Å²) >= 11 is 6.84. The first-order valence-corrected chi connectivity index (χ1v) is 10.2. The molecule has 2 atom stereocenters. The summed E-state index contributed by atoms with van der Waals surface area (Å²) in [4.78, 5) is 4.36. The predicted octanol–water partition coefficient (Wildman–Crippen LogP) is 2.67. The Balaban J connectivity index is 2.03. The van der Waals surface area contributed by atoms with Crippen LogP contribution in [0.25, 0.3) is 0 Å². The molecular weight excluding hydrogens is 422 g/mol. The van der Waals surface area contributed by atoms with Gasteiger partial charge in [0.2, 0.25) is 10.0 Å². The van der Waals surface area contributed by atoms with Crippen molar-refractivity contribution in [1.29, 1.82) is 0 Å². The molecule has 118 valence electrons. The molecule has 1 aromatic rings. The van der Waals surface area contributed by atoms with E-state index in [0.717, 1.165) is 33.9 Å². The van der Waals surface area contributed by atoms with E-state index in [9.17, 15) is 8.42 Å². The number of hydrogen-bond acceptors (Lipinski definition) is 4. The van der Waals surface area contributed by atoms with E-state index in [0.29, 0.717) is 13.1 Å². The summed E-state index contributed by atoms with van der Waals surface area (Å²) in [5, 5.41) is 0. The third kappa shape index (κ3) is 4.72. The van der Waals surface area contributed by atoms with Crippen molar-refractivity contribution in [2.45, 2.75) is 25.3 Å². The highest BCUT2D eigenvalue weighted by Gasteiger charge is 2.27. The summed E-state index contributed by atoms with van der Waals surface area (Å²) in [6.07, 6.45) is 5.62. The van der Waals surface area contributed by atoms with Crippen LogP contribution in [0.3, 0.4) is 0 Å². The van der Waals surface area contributed by atoms with Gasteiger partial charge in [-0.3, -0.25) is 4.98 Å². The van der Waals surface area contributed by atoms with Gasteiger partial charge in [0.1, 0.15) is 0 Å². The molecule has 2 N–H and O–H groups in total. The summed E-state index contributed by atoms with van der Waals surface area (Å²) < 4.78 is 26.6. The lowest BCUT2D eigenvalue weighted by Crippen LogP contribution is -2.40. The van der Waals surface area contributed by atoms with Crippen LogP contribution in [0.5, 0.6) is 0 Å². The van der Waals surface area contributed by atoms with E-state index in [1.54, 1.807) is 10.5 Å². The maximum absolute atomic E-state index is 11.6. The third-order valence-corrected chi connectivity index (χ3v) is 6.06. The minimum Gasteiger partial charge on any atom is -0.323 e. The van der Waals surface area contributed by atoms with Crippen LogP contribution >= 0.6 is 31.9 Å². The summed E-state index contributed by atoms with van der Waals surface area (Å²) in [5.74, 6) is 0.279. The minimum atomic E-state index is -3.11. The topological polar surface area (TPSA) is 76.3 Å². The summed E-state index contributed by atoms with van der Waals surface area (Å²) in [7, 11) is -3.11. The monoisotopic (exact) mass is 439 g/mol. The third-order valence-electron chi connectivity index (χ3n) is 3.73. The fourth-order valence-corrected chi connectivity index (χ4v) is 4.91. The number of rotatable bonds is 4. The van der Waals surface area contributed by atoms with Crippen LogP contribution in [0, 0.1) is 5.92 Å².